The molecule has 1 aliphatic heterocycles. The largest absolute Gasteiger partial charge is 0.462 e. The van der Waals surface area contributed by atoms with Crippen molar-refractivity contribution in [3.05, 3.63) is 23.8 Å². The molecular weight excluding hydrogens is 188 g/mol. The Morgan fingerprint density at radius 2 is 2.15 bits per heavy atom. The monoisotopic (exact) mass is 198 g/mol. The van der Waals surface area contributed by atoms with Crippen molar-refractivity contribution >= 4 is 12.6 Å². The van der Waals surface area contributed by atoms with E-state index in [1.807, 2.05) is 6.07 Å². The van der Waals surface area contributed by atoms with Gasteiger partial charge in [0.25, 0.3) is 0 Å². The average Bonchev–Trinajstić information content (AvgIpc) is 2.08. The van der Waals surface area contributed by atoms with Gasteiger partial charge in [0.2, 0.25) is 6.29 Å². The predicted molar refractivity (Wildman–Crippen MR) is 50.0 cm³/mol. The van der Waals surface area contributed by atoms with Gasteiger partial charge in [-0.3, -0.25) is 0 Å². The summed E-state index contributed by atoms with van der Waals surface area (Å²) in [7, 11) is 0. The summed E-state index contributed by atoms with van der Waals surface area (Å²) in [5, 5.41) is 18.5. The second kappa shape index (κ2) is 3.21. The van der Waals surface area contributed by atoms with E-state index < -0.39 is 12.4 Å². The van der Waals surface area contributed by atoms with Crippen LogP contribution in [0, 0.1) is 0 Å². The van der Waals surface area contributed by atoms with Gasteiger partial charge in [-0.15, -0.1) is 12.6 Å². The Bertz CT molecular complexity index is 327. The van der Waals surface area contributed by atoms with Crippen molar-refractivity contribution in [2.24, 2.45) is 0 Å². The highest BCUT2D eigenvalue weighted by molar-refractivity contribution is 7.80. The molecule has 2 unspecified atom stereocenters. The molecule has 0 aliphatic carbocycles. The van der Waals surface area contributed by atoms with Gasteiger partial charge in [-0.05, 0) is 23.8 Å². The zero-order chi connectivity index (χ0) is 9.42. The molecule has 0 amide bonds. The summed E-state index contributed by atoms with van der Waals surface area (Å²) >= 11 is 4.17. The number of benzene rings is 1. The van der Waals surface area contributed by atoms with Crippen LogP contribution in [0.1, 0.15) is 5.56 Å². The molecule has 0 aromatic heterocycles. The van der Waals surface area contributed by atoms with E-state index in [0.717, 1.165) is 10.5 Å². The fourth-order valence-corrected chi connectivity index (χ4v) is 1.61. The lowest BCUT2D eigenvalue weighted by atomic mass is 10.0. The van der Waals surface area contributed by atoms with Crippen molar-refractivity contribution in [3.8, 4) is 5.75 Å². The fraction of sp³-hybridized carbons (Fsp3) is 0.333. The van der Waals surface area contributed by atoms with E-state index in [9.17, 15) is 10.2 Å². The molecule has 2 rings (SSSR count). The molecule has 0 spiro atoms. The highest BCUT2D eigenvalue weighted by Crippen LogP contribution is 2.28. The van der Waals surface area contributed by atoms with Crippen molar-refractivity contribution in [1.82, 2.24) is 0 Å². The molecule has 13 heavy (non-hydrogen) atoms. The second-order valence-electron chi connectivity index (χ2n) is 3.07. The third-order valence-electron chi connectivity index (χ3n) is 2.05. The number of rotatable bonds is 0. The Morgan fingerprint density at radius 3 is 2.92 bits per heavy atom. The Morgan fingerprint density at radius 1 is 1.38 bits per heavy atom. The molecule has 70 valence electrons. The third-order valence-corrected chi connectivity index (χ3v) is 2.33. The quantitative estimate of drug-likeness (QED) is 0.535. The fourth-order valence-electron chi connectivity index (χ4n) is 1.38. The van der Waals surface area contributed by atoms with Crippen LogP contribution in [0.3, 0.4) is 0 Å². The summed E-state index contributed by atoms with van der Waals surface area (Å²) in [6, 6.07) is 5.35. The molecule has 1 aliphatic rings. The van der Waals surface area contributed by atoms with E-state index in [-0.39, 0.29) is 0 Å². The van der Waals surface area contributed by atoms with Crippen molar-refractivity contribution in [2.45, 2.75) is 23.7 Å². The Kier molecular flexibility index (Phi) is 2.19. The van der Waals surface area contributed by atoms with E-state index in [1.54, 1.807) is 12.1 Å². The topological polar surface area (TPSA) is 49.7 Å². The minimum Gasteiger partial charge on any atom is -0.462 e. The molecular formula is C9H10O3S. The Balaban J connectivity index is 2.37. The van der Waals surface area contributed by atoms with Gasteiger partial charge in [0.15, 0.2) is 0 Å². The molecule has 0 bridgehead atoms. The molecule has 2 N–H and O–H groups in total. The summed E-state index contributed by atoms with van der Waals surface area (Å²) in [5.41, 5.74) is 0.880. The molecule has 2 atom stereocenters. The Hall–Kier alpha value is -0.710. The van der Waals surface area contributed by atoms with Crippen molar-refractivity contribution in [3.63, 3.8) is 0 Å². The lowest BCUT2D eigenvalue weighted by Gasteiger charge is -2.26. The first-order valence-corrected chi connectivity index (χ1v) is 4.46. The smallest absolute Gasteiger partial charge is 0.224 e. The van der Waals surface area contributed by atoms with E-state index in [1.165, 1.54) is 0 Å². The van der Waals surface area contributed by atoms with Gasteiger partial charge in [0.05, 0.1) is 0 Å². The van der Waals surface area contributed by atoms with Gasteiger partial charge in [-0.1, -0.05) is 0 Å². The highest BCUT2D eigenvalue weighted by atomic mass is 32.1. The van der Waals surface area contributed by atoms with Crippen LogP contribution >= 0.6 is 12.6 Å². The summed E-state index contributed by atoms with van der Waals surface area (Å²) in [6.45, 7) is 0. The maximum Gasteiger partial charge on any atom is 0.224 e. The van der Waals surface area contributed by atoms with Crippen LogP contribution in [0.25, 0.3) is 0 Å². The van der Waals surface area contributed by atoms with Gasteiger partial charge in [0, 0.05) is 11.3 Å². The molecule has 1 aromatic carbocycles. The van der Waals surface area contributed by atoms with Gasteiger partial charge >= 0.3 is 0 Å². The van der Waals surface area contributed by atoms with Crippen LogP contribution in [-0.4, -0.2) is 22.6 Å². The standard InChI is InChI=1S/C9H10O3S/c10-7-4-5-3-6(13)1-2-8(5)12-9(7)11/h1-3,7,9-11,13H,4H2. The number of ether oxygens (including phenoxy) is 1. The summed E-state index contributed by atoms with van der Waals surface area (Å²) in [6.07, 6.45) is -1.55. The second-order valence-corrected chi connectivity index (χ2v) is 3.59. The Labute approximate surface area is 81.4 Å². The first kappa shape index (κ1) is 8.87. The van der Waals surface area contributed by atoms with E-state index >= 15 is 0 Å². The molecule has 0 radical (unpaired) electrons. The third kappa shape index (κ3) is 1.65. The van der Waals surface area contributed by atoms with E-state index in [0.29, 0.717) is 12.2 Å². The number of aliphatic hydroxyl groups is 2. The highest BCUT2D eigenvalue weighted by Gasteiger charge is 2.26. The molecule has 1 aromatic rings. The number of hydrogen-bond acceptors (Lipinski definition) is 4. The van der Waals surface area contributed by atoms with Gasteiger partial charge in [0.1, 0.15) is 11.9 Å². The van der Waals surface area contributed by atoms with E-state index in [2.05, 4.69) is 12.6 Å². The van der Waals surface area contributed by atoms with Crippen LogP contribution in [-0.2, 0) is 6.42 Å². The minimum absolute atomic E-state index is 0.408. The lowest BCUT2D eigenvalue weighted by Crippen LogP contribution is -2.36. The van der Waals surface area contributed by atoms with Crippen LogP contribution in [0.15, 0.2) is 23.1 Å². The number of thiol groups is 1. The normalized spacial score (nSPS) is 26.4. The van der Waals surface area contributed by atoms with E-state index in [4.69, 9.17) is 4.74 Å². The van der Waals surface area contributed by atoms with Crippen molar-refractivity contribution in [2.75, 3.05) is 0 Å². The number of hydrogen-bond donors (Lipinski definition) is 3. The van der Waals surface area contributed by atoms with Crippen LogP contribution in [0.4, 0.5) is 0 Å². The van der Waals surface area contributed by atoms with Crippen LogP contribution in [0.5, 0.6) is 5.75 Å². The summed E-state index contributed by atoms with van der Waals surface area (Å²) in [4.78, 5) is 0.825. The van der Waals surface area contributed by atoms with Crippen molar-refractivity contribution < 1.29 is 14.9 Å². The average molecular weight is 198 g/mol. The lowest BCUT2D eigenvalue weighted by molar-refractivity contribution is -0.113. The van der Waals surface area contributed by atoms with Crippen LogP contribution < -0.4 is 4.74 Å². The van der Waals surface area contributed by atoms with Gasteiger partial charge < -0.3 is 14.9 Å². The number of aliphatic hydroxyl groups excluding tert-OH is 2. The molecule has 3 nitrogen and oxygen atoms in total. The maximum absolute atomic E-state index is 9.32. The first-order valence-electron chi connectivity index (χ1n) is 4.01. The number of fused-ring (bicyclic) bond motifs is 1. The molecule has 1 heterocycles. The zero-order valence-corrected chi connectivity index (χ0v) is 7.74. The summed E-state index contributed by atoms with van der Waals surface area (Å²) in [5.74, 6) is 0.621. The van der Waals surface area contributed by atoms with Gasteiger partial charge in [-0.25, -0.2) is 0 Å². The van der Waals surface area contributed by atoms with Crippen molar-refractivity contribution in [1.29, 1.82) is 0 Å². The SMILES string of the molecule is OC1Cc2cc(S)ccc2OC1O. The molecule has 0 saturated heterocycles. The maximum atomic E-state index is 9.32. The zero-order valence-electron chi connectivity index (χ0n) is 6.84. The summed E-state index contributed by atoms with van der Waals surface area (Å²) < 4.78 is 5.07. The molecule has 0 saturated carbocycles. The van der Waals surface area contributed by atoms with Crippen LogP contribution in [0.2, 0.25) is 0 Å². The first-order chi connectivity index (χ1) is 6.16. The van der Waals surface area contributed by atoms with Gasteiger partial charge in [-0.2, -0.15) is 0 Å². The minimum atomic E-state index is -1.11. The predicted octanol–water partition coefficient (Wildman–Crippen LogP) is 0.589. The molecule has 4 heteroatoms. The molecule has 0 fully saturated rings.